The highest BCUT2D eigenvalue weighted by Crippen LogP contribution is 2.38. The SMILES string of the molecule is [2H]c1c([2H])c(-c2nc(-c3ccccc3)nc(-c3ccc(-c4ccccc4-c4ccccc4)cc3)n2)c([2H])c(-c2c([2H])c([2H])c3c4c([2H])c([2H])c([2H])c([2H])c4c4c([2H])c([2H])c([2H])c([2H])c4c3c2[2H])c1[2H]. The summed E-state index contributed by atoms with van der Waals surface area (Å²) < 4.78 is 135. The molecule has 0 saturated heterocycles. The van der Waals surface area contributed by atoms with Crippen LogP contribution in [0.2, 0.25) is 0 Å². The molecule has 1 heterocycles. The molecule has 3 nitrogen and oxygen atoms in total. The summed E-state index contributed by atoms with van der Waals surface area (Å²) in [7, 11) is 0. The van der Waals surface area contributed by atoms with Crippen molar-refractivity contribution in [3.63, 3.8) is 0 Å². The molecular formula is C51H33N3. The fraction of sp³-hybridized carbons (Fsp3) is 0. The third-order valence-corrected chi connectivity index (χ3v) is 9.17. The number of hydrogen-bond acceptors (Lipinski definition) is 3. The lowest BCUT2D eigenvalue weighted by Crippen LogP contribution is -2.00. The van der Waals surface area contributed by atoms with E-state index in [2.05, 4.69) is 0 Å². The molecule has 0 unspecified atom stereocenters. The zero-order valence-corrected chi connectivity index (χ0v) is 28.2. The molecule has 0 spiro atoms. The van der Waals surface area contributed by atoms with E-state index in [0.29, 0.717) is 11.1 Å². The van der Waals surface area contributed by atoms with E-state index < -0.39 is 107 Å². The maximum atomic E-state index is 9.75. The normalized spacial score (nSPS) is 15.2. The van der Waals surface area contributed by atoms with Crippen molar-refractivity contribution in [1.82, 2.24) is 15.0 Å². The Morgan fingerprint density at radius 2 is 0.685 bits per heavy atom. The van der Waals surface area contributed by atoms with Crippen LogP contribution in [0.5, 0.6) is 0 Å². The fourth-order valence-corrected chi connectivity index (χ4v) is 6.60. The molecule has 3 heteroatoms. The minimum Gasteiger partial charge on any atom is -0.208 e. The van der Waals surface area contributed by atoms with E-state index in [9.17, 15) is 8.22 Å². The highest BCUT2D eigenvalue weighted by molar-refractivity contribution is 6.25. The number of benzene rings is 9. The van der Waals surface area contributed by atoms with Gasteiger partial charge in [0, 0.05) is 16.7 Å². The molecule has 0 atom stereocenters. The smallest absolute Gasteiger partial charge is 0.164 e. The number of hydrogen-bond donors (Lipinski definition) is 0. The van der Waals surface area contributed by atoms with Gasteiger partial charge in [-0.3, -0.25) is 0 Å². The highest BCUT2D eigenvalue weighted by atomic mass is 15.0. The van der Waals surface area contributed by atoms with Gasteiger partial charge in [-0.1, -0.05) is 188 Å². The Morgan fingerprint density at radius 1 is 0.278 bits per heavy atom. The number of aromatic nitrogens is 3. The highest BCUT2D eigenvalue weighted by Gasteiger charge is 2.15. The molecule has 10 aromatic rings. The minimum absolute atomic E-state index is 0.141. The van der Waals surface area contributed by atoms with Gasteiger partial charge in [-0.2, -0.15) is 0 Å². The van der Waals surface area contributed by atoms with E-state index in [1.54, 1.807) is 30.3 Å². The molecule has 0 fully saturated rings. The summed E-state index contributed by atoms with van der Waals surface area (Å²) in [6.45, 7) is 0. The summed E-state index contributed by atoms with van der Waals surface area (Å²) in [5.74, 6) is 0.0465. The van der Waals surface area contributed by atoms with Gasteiger partial charge < -0.3 is 0 Å². The van der Waals surface area contributed by atoms with E-state index >= 15 is 0 Å². The number of nitrogens with zero attached hydrogens (tertiary/aromatic N) is 3. The average Bonchev–Trinajstić information content (AvgIpc) is 3.37. The molecule has 0 radical (unpaired) electrons. The van der Waals surface area contributed by atoms with Crippen LogP contribution in [0.4, 0.5) is 0 Å². The summed E-state index contributed by atoms with van der Waals surface area (Å²) >= 11 is 0. The van der Waals surface area contributed by atoms with E-state index in [-0.39, 0.29) is 50.0 Å². The lowest BCUT2D eigenvalue weighted by Gasteiger charge is -2.13. The molecule has 252 valence electrons. The van der Waals surface area contributed by atoms with Gasteiger partial charge in [-0.25, -0.2) is 15.0 Å². The van der Waals surface area contributed by atoms with Gasteiger partial charge in [0.2, 0.25) is 0 Å². The number of fused-ring (bicyclic) bond motifs is 6. The van der Waals surface area contributed by atoms with Crippen LogP contribution in [0.1, 0.15) is 20.6 Å². The van der Waals surface area contributed by atoms with Gasteiger partial charge in [0.15, 0.2) is 17.5 Å². The lowest BCUT2D eigenvalue weighted by molar-refractivity contribution is 1.07. The molecule has 0 saturated carbocycles. The maximum absolute atomic E-state index is 9.75. The second kappa shape index (κ2) is 13.4. The van der Waals surface area contributed by atoms with E-state index in [4.69, 9.17) is 27.3 Å². The molecule has 10 rings (SSSR count). The second-order valence-electron chi connectivity index (χ2n) is 12.4. The van der Waals surface area contributed by atoms with Crippen LogP contribution in [0.25, 0.3) is 99.9 Å². The summed E-state index contributed by atoms with van der Waals surface area (Å²) in [5.41, 5.74) is 3.59. The lowest BCUT2D eigenvalue weighted by atomic mass is 9.92. The Morgan fingerprint density at radius 3 is 1.28 bits per heavy atom. The standard InChI is InChI=1S/C51H33N3/c1-3-14-34(15-4-1)41-20-7-8-21-42(41)35-26-28-37(29-27-35)50-52-49(36-16-5-2-6-17-36)53-51(54-50)40-19-13-18-38(32-40)39-30-31-47-45-24-10-9-22-43(45)44-23-11-12-25-46(44)48(47)33-39/h1-33H/i9D,10D,11D,12D,13D,18D,19D,22D,23D,24D,25D,30D,31D,32D,33D. The quantitative estimate of drug-likeness (QED) is 0.162. The molecule has 0 aliphatic carbocycles. The van der Waals surface area contributed by atoms with E-state index in [1.807, 2.05) is 78.9 Å². The van der Waals surface area contributed by atoms with Gasteiger partial charge in [0.1, 0.15) is 0 Å². The predicted octanol–water partition coefficient (Wildman–Crippen LogP) is 13.3. The van der Waals surface area contributed by atoms with Crippen LogP contribution in [0.3, 0.4) is 0 Å². The Labute approximate surface area is 335 Å². The third kappa shape index (κ3) is 5.69. The van der Waals surface area contributed by atoms with Crippen molar-refractivity contribution >= 4 is 32.3 Å². The fourth-order valence-electron chi connectivity index (χ4n) is 6.60. The van der Waals surface area contributed by atoms with Gasteiger partial charge in [-0.15, -0.1) is 0 Å². The predicted molar refractivity (Wildman–Crippen MR) is 225 cm³/mol. The zero-order valence-electron chi connectivity index (χ0n) is 43.2. The number of rotatable bonds is 6. The van der Waals surface area contributed by atoms with Gasteiger partial charge in [0.25, 0.3) is 0 Å². The van der Waals surface area contributed by atoms with Crippen molar-refractivity contribution in [2.75, 3.05) is 0 Å². The van der Waals surface area contributed by atoms with E-state index in [0.717, 1.165) is 22.3 Å². The van der Waals surface area contributed by atoms with Crippen molar-refractivity contribution < 1.29 is 20.6 Å². The van der Waals surface area contributed by atoms with E-state index in [1.165, 1.54) is 0 Å². The summed E-state index contributed by atoms with van der Waals surface area (Å²) in [6, 6.07) is 23.8. The van der Waals surface area contributed by atoms with Crippen molar-refractivity contribution in [1.29, 1.82) is 0 Å². The molecule has 0 aliphatic heterocycles. The molecule has 0 amide bonds. The summed E-state index contributed by atoms with van der Waals surface area (Å²) in [5, 5.41) is -2.19. The van der Waals surface area contributed by atoms with Crippen molar-refractivity contribution in [3.05, 3.63) is 200 Å². The van der Waals surface area contributed by atoms with Crippen LogP contribution in [0, 0.1) is 0 Å². The van der Waals surface area contributed by atoms with Gasteiger partial charge >= 0.3 is 0 Å². The van der Waals surface area contributed by atoms with Crippen molar-refractivity contribution in [3.8, 4) is 67.5 Å². The summed E-state index contributed by atoms with van der Waals surface area (Å²) in [4.78, 5) is 14.3. The van der Waals surface area contributed by atoms with Crippen LogP contribution in [0.15, 0.2) is 200 Å². The molecule has 54 heavy (non-hydrogen) atoms. The topological polar surface area (TPSA) is 38.7 Å². The minimum atomic E-state index is -0.776. The molecule has 0 N–H and O–H groups in total. The Balaban J connectivity index is 1.24. The van der Waals surface area contributed by atoms with Crippen LogP contribution in [-0.2, 0) is 0 Å². The van der Waals surface area contributed by atoms with Crippen LogP contribution < -0.4 is 0 Å². The first-order chi connectivity index (χ1) is 33.0. The molecule has 0 aliphatic rings. The van der Waals surface area contributed by atoms with Crippen molar-refractivity contribution in [2.24, 2.45) is 0 Å². The molecule has 0 bridgehead atoms. The average molecular weight is 703 g/mol. The van der Waals surface area contributed by atoms with Gasteiger partial charge in [-0.05, 0) is 77.8 Å². The Hall–Kier alpha value is -7.23. The Kier molecular flexibility index (Phi) is 4.85. The van der Waals surface area contributed by atoms with Crippen LogP contribution in [-0.4, -0.2) is 15.0 Å². The first-order valence-corrected chi connectivity index (χ1v) is 17.1. The zero-order chi connectivity index (χ0) is 48.9. The Bertz CT molecular complexity index is 3790. The first kappa shape index (κ1) is 19.6. The van der Waals surface area contributed by atoms with Crippen LogP contribution >= 0.6 is 0 Å². The maximum Gasteiger partial charge on any atom is 0.164 e. The van der Waals surface area contributed by atoms with Crippen molar-refractivity contribution in [2.45, 2.75) is 0 Å². The summed E-state index contributed by atoms with van der Waals surface area (Å²) in [6.07, 6.45) is 0. The monoisotopic (exact) mass is 702 g/mol. The molecular weight excluding hydrogens is 655 g/mol. The molecule has 9 aromatic carbocycles. The largest absolute Gasteiger partial charge is 0.208 e. The third-order valence-electron chi connectivity index (χ3n) is 9.17. The second-order valence-corrected chi connectivity index (χ2v) is 12.4. The first-order valence-electron chi connectivity index (χ1n) is 24.6. The van der Waals surface area contributed by atoms with Gasteiger partial charge in [0.05, 0.1) is 20.6 Å². The molecule has 1 aromatic heterocycles.